The van der Waals surface area contributed by atoms with E-state index in [1.54, 1.807) is 6.20 Å². The van der Waals surface area contributed by atoms with Crippen LogP contribution < -0.4 is 11.1 Å². The van der Waals surface area contributed by atoms with E-state index in [0.717, 1.165) is 13.0 Å². The number of aryl methyl sites for hydroxylation is 2. The first-order valence-electron chi connectivity index (χ1n) is 5.37. The van der Waals surface area contributed by atoms with E-state index in [-0.39, 0.29) is 5.11 Å². The van der Waals surface area contributed by atoms with E-state index in [4.69, 9.17) is 18.0 Å². The van der Waals surface area contributed by atoms with Gasteiger partial charge in [-0.25, -0.2) is 4.98 Å². The van der Waals surface area contributed by atoms with Gasteiger partial charge in [-0.3, -0.25) is 0 Å². The average Bonchev–Trinajstić information content (AvgIpc) is 2.74. The molecule has 0 aliphatic carbocycles. The molecule has 1 heterocycles. The number of thiocarbonyl (C=S) groups is 1. The lowest BCUT2D eigenvalue weighted by atomic mass is 10.1. The molecule has 17 heavy (non-hydrogen) atoms. The highest BCUT2D eigenvalue weighted by Crippen LogP contribution is 2.07. The van der Waals surface area contributed by atoms with Crippen molar-refractivity contribution in [3.05, 3.63) is 48.3 Å². The first-order valence-corrected chi connectivity index (χ1v) is 5.78. The van der Waals surface area contributed by atoms with Gasteiger partial charge in [0.15, 0.2) is 5.11 Å². The fourth-order valence-electron chi connectivity index (χ4n) is 1.62. The largest absolute Gasteiger partial charge is 0.376 e. The van der Waals surface area contributed by atoms with Crippen LogP contribution in [0.2, 0.25) is 0 Å². The first-order chi connectivity index (χ1) is 8.25. The van der Waals surface area contributed by atoms with Crippen LogP contribution in [0.15, 0.2) is 42.7 Å². The third-order valence-electron chi connectivity index (χ3n) is 2.43. The molecule has 0 atom stereocenters. The van der Waals surface area contributed by atoms with Crippen LogP contribution in [0, 0.1) is 0 Å². The Morgan fingerprint density at radius 3 is 2.82 bits per heavy atom. The van der Waals surface area contributed by atoms with Crippen LogP contribution in [0.1, 0.15) is 5.56 Å². The fraction of sp³-hybridized carbons (Fsp3) is 0.167. The van der Waals surface area contributed by atoms with Crippen molar-refractivity contribution in [2.45, 2.75) is 13.0 Å². The monoisotopic (exact) mass is 246 g/mol. The summed E-state index contributed by atoms with van der Waals surface area (Å²) in [5.74, 6) is 0.688. The minimum Gasteiger partial charge on any atom is -0.376 e. The standard InChI is InChI=1S/C12H14N4S/c13-11(17)15-12-14-7-9-16(12)8-6-10-4-2-1-3-5-10/h1-5,7,9H,6,8H2,(H3,13,14,15,17). The molecule has 2 rings (SSSR count). The number of aromatic nitrogens is 2. The number of nitrogens with two attached hydrogens (primary N) is 1. The minimum atomic E-state index is 0.233. The van der Waals surface area contributed by atoms with E-state index < -0.39 is 0 Å². The molecule has 0 aliphatic heterocycles. The molecule has 0 radical (unpaired) electrons. The summed E-state index contributed by atoms with van der Waals surface area (Å²) in [6.07, 6.45) is 4.58. The third-order valence-corrected chi connectivity index (χ3v) is 2.54. The van der Waals surface area contributed by atoms with Gasteiger partial charge in [0, 0.05) is 18.9 Å². The van der Waals surface area contributed by atoms with Crippen LogP contribution >= 0.6 is 12.2 Å². The highest BCUT2D eigenvalue weighted by molar-refractivity contribution is 7.80. The number of anilines is 1. The highest BCUT2D eigenvalue weighted by atomic mass is 32.1. The van der Waals surface area contributed by atoms with Gasteiger partial charge in [-0.15, -0.1) is 0 Å². The van der Waals surface area contributed by atoms with Gasteiger partial charge in [0.25, 0.3) is 0 Å². The van der Waals surface area contributed by atoms with Gasteiger partial charge in [0.2, 0.25) is 5.95 Å². The molecule has 0 aliphatic rings. The summed E-state index contributed by atoms with van der Waals surface area (Å²) < 4.78 is 1.99. The second kappa shape index (κ2) is 5.45. The fourth-order valence-corrected chi connectivity index (χ4v) is 1.71. The molecule has 1 aromatic heterocycles. The van der Waals surface area contributed by atoms with Crippen LogP contribution in [-0.4, -0.2) is 14.7 Å². The van der Waals surface area contributed by atoms with Crippen molar-refractivity contribution in [1.82, 2.24) is 9.55 Å². The van der Waals surface area contributed by atoms with Gasteiger partial charge in [-0.05, 0) is 24.2 Å². The number of rotatable bonds is 4. The highest BCUT2D eigenvalue weighted by Gasteiger charge is 2.02. The molecule has 2 aromatic rings. The van der Waals surface area contributed by atoms with Crippen molar-refractivity contribution in [2.24, 2.45) is 5.73 Å². The Hall–Kier alpha value is -1.88. The van der Waals surface area contributed by atoms with Gasteiger partial charge in [0.1, 0.15) is 0 Å². The van der Waals surface area contributed by atoms with Crippen molar-refractivity contribution < 1.29 is 0 Å². The van der Waals surface area contributed by atoms with Gasteiger partial charge in [-0.2, -0.15) is 0 Å². The molecule has 0 unspecified atom stereocenters. The zero-order valence-electron chi connectivity index (χ0n) is 9.34. The van der Waals surface area contributed by atoms with E-state index in [1.807, 2.05) is 29.0 Å². The van der Waals surface area contributed by atoms with E-state index in [1.165, 1.54) is 5.56 Å². The van der Waals surface area contributed by atoms with Gasteiger partial charge < -0.3 is 15.6 Å². The Balaban J connectivity index is 2.00. The smallest absolute Gasteiger partial charge is 0.209 e. The van der Waals surface area contributed by atoms with Crippen LogP contribution in [0.5, 0.6) is 0 Å². The van der Waals surface area contributed by atoms with E-state index in [2.05, 4.69) is 22.4 Å². The van der Waals surface area contributed by atoms with Crippen LogP contribution in [-0.2, 0) is 13.0 Å². The lowest BCUT2D eigenvalue weighted by Crippen LogP contribution is -2.21. The van der Waals surface area contributed by atoms with Crippen molar-refractivity contribution >= 4 is 23.3 Å². The summed E-state index contributed by atoms with van der Waals surface area (Å²) in [6.45, 7) is 0.842. The second-order valence-corrected chi connectivity index (χ2v) is 4.11. The zero-order chi connectivity index (χ0) is 12.1. The Bertz CT molecular complexity index is 492. The summed E-state index contributed by atoms with van der Waals surface area (Å²) in [5.41, 5.74) is 6.72. The number of nitrogens with zero attached hydrogens (tertiary/aromatic N) is 2. The Morgan fingerprint density at radius 2 is 2.12 bits per heavy atom. The van der Waals surface area contributed by atoms with Crippen molar-refractivity contribution in [3.8, 4) is 0 Å². The topological polar surface area (TPSA) is 55.9 Å². The molecular weight excluding hydrogens is 232 g/mol. The second-order valence-electron chi connectivity index (χ2n) is 3.67. The maximum absolute atomic E-state index is 5.43. The number of hydrogen-bond acceptors (Lipinski definition) is 2. The summed E-state index contributed by atoms with van der Waals surface area (Å²) in [6, 6.07) is 10.3. The molecule has 3 N–H and O–H groups in total. The summed E-state index contributed by atoms with van der Waals surface area (Å²) in [5, 5.41) is 3.08. The van der Waals surface area contributed by atoms with Crippen LogP contribution in [0.25, 0.3) is 0 Å². The third kappa shape index (κ3) is 3.29. The Labute approximate surface area is 105 Å². The summed E-state index contributed by atoms with van der Waals surface area (Å²) in [4.78, 5) is 4.15. The molecule has 0 bridgehead atoms. The maximum atomic E-state index is 5.43. The molecule has 0 amide bonds. The average molecular weight is 246 g/mol. The van der Waals surface area contributed by atoms with Gasteiger partial charge >= 0.3 is 0 Å². The summed E-state index contributed by atoms with van der Waals surface area (Å²) in [7, 11) is 0. The zero-order valence-corrected chi connectivity index (χ0v) is 10.2. The van der Waals surface area contributed by atoms with Crippen molar-refractivity contribution in [1.29, 1.82) is 0 Å². The number of nitrogens with one attached hydrogen (secondary N) is 1. The minimum absolute atomic E-state index is 0.233. The predicted octanol–water partition coefficient (Wildman–Crippen LogP) is 1.78. The predicted molar refractivity (Wildman–Crippen MR) is 72.8 cm³/mol. The molecular formula is C12H14N4S. The number of imidazole rings is 1. The molecule has 0 saturated carbocycles. The summed E-state index contributed by atoms with van der Waals surface area (Å²) >= 11 is 4.79. The Kier molecular flexibility index (Phi) is 3.72. The maximum Gasteiger partial charge on any atom is 0.209 e. The van der Waals surface area contributed by atoms with E-state index in [0.29, 0.717) is 5.95 Å². The molecule has 0 spiro atoms. The van der Waals surface area contributed by atoms with Crippen molar-refractivity contribution in [2.75, 3.05) is 5.32 Å². The Morgan fingerprint density at radius 1 is 1.35 bits per heavy atom. The molecule has 0 fully saturated rings. The normalized spacial score (nSPS) is 10.1. The molecule has 5 heteroatoms. The van der Waals surface area contributed by atoms with Crippen LogP contribution in [0.3, 0.4) is 0 Å². The molecule has 0 saturated heterocycles. The lowest BCUT2D eigenvalue weighted by molar-refractivity contribution is 0.705. The van der Waals surface area contributed by atoms with E-state index >= 15 is 0 Å². The number of benzene rings is 1. The van der Waals surface area contributed by atoms with Gasteiger partial charge in [0.05, 0.1) is 0 Å². The van der Waals surface area contributed by atoms with Gasteiger partial charge in [-0.1, -0.05) is 30.3 Å². The SMILES string of the molecule is NC(=S)Nc1nccn1CCc1ccccc1. The molecule has 1 aromatic carbocycles. The van der Waals surface area contributed by atoms with Crippen LogP contribution in [0.4, 0.5) is 5.95 Å². The quantitative estimate of drug-likeness (QED) is 0.807. The molecule has 4 nitrogen and oxygen atoms in total. The molecule has 88 valence electrons. The lowest BCUT2D eigenvalue weighted by Gasteiger charge is -2.08. The number of hydrogen-bond donors (Lipinski definition) is 2. The van der Waals surface area contributed by atoms with E-state index in [9.17, 15) is 0 Å². The first kappa shape index (κ1) is 11.6. The van der Waals surface area contributed by atoms with Crippen molar-refractivity contribution in [3.63, 3.8) is 0 Å².